The first-order valence-electron chi connectivity index (χ1n) is 5.63. The summed E-state index contributed by atoms with van der Waals surface area (Å²) in [6.07, 6.45) is 0. The normalized spacial score (nSPS) is 11.3. The minimum Gasteiger partial charge on any atom is -0.396 e. The molecule has 3 N–H and O–H groups in total. The Morgan fingerprint density at radius 3 is 2.45 bits per heavy atom. The van der Waals surface area contributed by atoms with Crippen molar-refractivity contribution in [3.63, 3.8) is 0 Å². The van der Waals surface area contributed by atoms with Gasteiger partial charge in [0.25, 0.3) is 10.0 Å². The molecule has 0 amide bonds. The fourth-order valence-corrected chi connectivity index (χ4v) is 2.79. The van der Waals surface area contributed by atoms with Crippen molar-refractivity contribution in [2.45, 2.75) is 11.8 Å². The molecule has 0 radical (unpaired) electrons. The molecule has 0 unspecified atom stereocenters. The Kier molecular flexibility index (Phi) is 3.63. The first-order valence-corrected chi connectivity index (χ1v) is 7.12. The van der Waals surface area contributed by atoms with Crippen LogP contribution in [0.3, 0.4) is 0 Å². The molecule has 2 aromatic rings. The van der Waals surface area contributed by atoms with Crippen molar-refractivity contribution in [2.75, 3.05) is 10.5 Å². The van der Waals surface area contributed by atoms with Crippen molar-refractivity contribution in [3.8, 4) is 0 Å². The van der Waals surface area contributed by atoms with Crippen molar-refractivity contribution in [1.29, 1.82) is 0 Å². The van der Waals surface area contributed by atoms with Gasteiger partial charge in [0.1, 0.15) is 11.6 Å². The van der Waals surface area contributed by atoms with E-state index in [1.54, 1.807) is 19.1 Å². The highest BCUT2D eigenvalue weighted by molar-refractivity contribution is 7.92. The highest BCUT2D eigenvalue weighted by atomic mass is 32.2. The maximum absolute atomic E-state index is 13.5. The smallest absolute Gasteiger partial charge is 0.261 e. The molecule has 0 atom stereocenters. The van der Waals surface area contributed by atoms with Crippen LogP contribution < -0.4 is 10.5 Å². The molecule has 7 heteroatoms. The van der Waals surface area contributed by atoms with Crippen LogP contribution in [0.2, 0.25) is 0 Å². The first kappa shape index (κ1) is 14.3. The van der Waals surface area contributed by atoms with E-state index >= 15 is 0 Å². The Balaban J connectivity index is 2.41. The number of nitrogens with two attached hydrogens (primary N) is 1. The number of sulfonamides is 1. The van der Waals surface area contributed by atoms with Crippen molar-refractivity contribution < 1.29 is 17.2 Å². The number of nitrogen functional groups attached to an aromatic ring is 1. The van der Waals surface area contributed by atoms with Gasteiger partial charge in [0, 0.05) is 6.07 Å². The third-order valence-corrected chi connectivity index (χ3v) is 3.99. The lowest BCUT2D eigenvalue weighted by Crippen LogP contribution is -2.14. The van der Waals surface area contributed by atoms with Crippen molar-refractivity contribution in [2.24, 2.45) is 0 Å². The molecule has 0 saturated carbocycles. The van der Waals surface area contributed by atoms with Crippen LogP contribution in [0.5, 0.6) is 0 Å². The maximum Gasteiger partial charge on any atom is 0.261 e. The lowest BCUT2D eigenvalue weighted by atomic mass is 10.2. The molecule has 0 aromatic heterocycles. The molecule has 4 nitrogen and oxygen atoms in total. The molecule has 0 saturated heterocycles. The monoisotopic (exact) mass is 298 g/mol. The van der Waals surface area contributed by atoms with Gasteiger partial charge in [0.05, 0.1) is 16.3 Å². The van der Waals surface area contributed by atoms with Gasteiger partial charge in [-0.15, -0.1) is 0 Å². The molecule has 2 aromatic carbocycles. The molecule has 0 aliphatic carbocycles. The Labute approximate surface area is 115 Å². The molecule has 2 rings (SSSR count). The average molecular weight is 298 g/mol. The predicted octanol–water partition coefficient (Wildman–Crippen LogP) is 2.66. The zero-order valence-corrected chi connectivity index (χ0v) is 11.3. The second kappa shape index (κ2) is 5.09. The quantitative estimate of drug-likeness (QED) is 0.856. The number of halogens is 2. The van der Waals surface area contributed by atoms with Gasteiger partial charge < -0.3 is 5.73 Å². The van der Waals surface area contributed by atoms with E-state index in [1.165, 1.54) is 12.1 Å². The Bertz CT molecular complexity index is 761. The largest absolute Gasteiger partial charge is 0.396 e. The number of anilines is 2. The molecule has 106 valence electrons. The second-order valence-electron chi connectivity index (χ2n) is 4.28. The van der Waals surface area contributed by atoms with E-state index in [1.807, 2.05) is 4.72 Å². The highest BCUT2D eigenvalue weighted by Crippen LogP contribution is 2.24. The van der Waals surface area contributed by atoms with E-state index in [4.69, 9.17) is 5.73 Å². The third kappa shape index (κ3) is 2.88. The number of aryl methyl sites for hydroxylation is 1. The number of hydrogen-bond acceptors (Lipinski definition) is 3. The van der Waals surface area contributed by atoms with Crippen LogP contribution in [0.1, 0.15) is 5.56 Å². The van der Waals surface area contributed by atoms with Crippen LogP contribution in [0.15, 0.2) is 41.3 Å². The molecule has 0 heterocycles. The summed E-state index contributed by atoms with van der Waals surface area (Å²) in [5, 5.41) is 0. The van der Waals surface area contributed by atoms with Crippen molar-refractivity contribution in [1.82, 2.24) is 0 Å². The van der Waals surface area contributed by atoms with Gasteiger partial charge in [-0.3, -0.25) is 4.72 Å². The molecule has 0 spiro atoms. The lowest BCUT2D eigenvalue weighted by Gasteiger charge is -2.10. The minimum absolute atomic E-state index is 0.0141. The second-order valence-corrected chi connectivity index (χ2v) is 5.96. The van der Waals surface area contributed by atoms with Gasteiger partial charge in [-0.1, -0.05) is 12.1 Å². The zero-order chi connectivity index (χ0) is 14.9. The molecule has 0 bridgehead atoms. The summed E-state index contributed by atoms with van der Waals surface area (Å²) < 4.78 is 52.8. The lowest BCUT2D eigenvalue weighted by molar-refractivity contribution is 0.585. The fourth-order valence-electron chi connectivity index (χ4n) is 1.63. The number of hydrogen-bond donors (Lipinski definition) is 2. The molecular weight excluding hydrogens is 286 g/mol. The van der Waals surface area contributed by atoms with Gasteiger partial charge in [0.2, 0.25) is 0 Å². The topological polar surface area (TPSA) is 72.2 Å². The summed E-state index contributed by atoms with van der Waals surface area (Å²) in [6, 6.07) is 7.55. The number of nitrogens with one attached hydrogen (secondary N) is 1. The molecule has 0 aliphatic heterocycles. The summed E-state index contributed by atoms with van der Waals surface area (Å²) in [6.45, 7) is 1.73. The van der Waals surface area contributed by atoms with E-state index in [0.29, 0.717) is 6.07 Å². The van der Waals surface area contributed by atoms with Gasteiger partial charge in [-0.2, -0.15) is 0 Å². The third-order valence-electron chi connectivity index (χ3n) is 2.63. The SMILES string of the molecule is Cc1cccc(S(=O)(=O)Nc2cc(N)c(F)cc2F)c1. The average Bonchev–Trinajstić information content (AvgIpc) is 2.36. The fraction of sp³-hybridized carbons (Fsp3) is 0.0769. The van der Waals surface area contributed by atoms with E-state index in [9.17, 15) is 17.2 Å². The highest BCUT2D eigenvalue weighted by Gasteiger charge is 2.17. The van der Waals surface area contributed by atoms with Crippen molar-refractivity contribution >= 4 is 21.4 Å². The Morgan fingerprint density at radius 2 is 1.80 bits per heavy atom. The van der Waals surface area contributed by atoms with Crippen LogP contribution in [-0.2, 0) is 10.0 Å². The van der Waals surface area contributed by atoms with Crippen LogP contribution in [0.4, 0.5) is 20.2 Å². The summed E-state index contributed by atoms with van der Waals surface area (Å²) >= 11 is 0. The van der Waals surface area contributed by atoms with E-state index in [-0.39, 0.29) is 10.6 Å². The van der Waals surface area contributed by atoms with Crippen molar-refractivity contribution in [3.05, 3.63) is 53.6 Å². The molecule has 20 heavy (non-hydrogen) atoms. The van der Waals surface area contributed by atoms with Gasteiger partial charge in [0.15, 0.2) is 0 Å². The van der Waals surface area contributed by atoms with Gasteiger partial charge in [-0.05, 0) is 30.7 Å². The van der Waals surface area contributed by atoms with Crippen LogP contribution in [-0.4, -0.2) is 8.42 Å². The first-order chi connectivity index (χ1) is 9.29. The molecule has 0 aliphatic rings. The summed E-state index contributed by atoms with van der Waals surface area (Å²) in [7, 11) is -3.96. The Hall–Kier alpha value is -2.15. The van der Waals surface area contributed by atoms with Crippen LogP contribution in [0.25, 0.3) is 0 Å². The van der Waals surface area contributed by atoms with Crippen LogP contribution in [0, 0.1) is 18.6 Å². The number of benzene rings is 2. The van der Waals surface area contributed by atoms with E-state index < -0.39 is 27.3 Å². The number of rotatable bonds is 3. The van der Waals surface area contributed by atoms with Crippen LogP contribution >= 0.6 is 0 Å². The van der Waals surface area contributed by atoms with E-state index in [2.05, 4.69) is 0 Å². The molecular formula is C13H12F2N2O2S. The van der Waals surface area contributed by atoms with E-state index in [0.717, 1.165) is 11.6 Å². The zero-order valence-electron chi connectivity index (χ0n) is 10.5. The predicted molar refractivity (Wildman–Crippen MR) is 72.8 cm³/mol. The standard InChI is InChI=1S/C13H12F2N2O2S/c1-8-3-2-4-9(5-8)20(18,19)17-13-7-12(16)10(14)6-11(13)15/h2-7,17H,16H2,1H3. The summed E-state index contributed by atoms with van der Waals surface area (Å²) in [4.78, 5) is -0.0141. The Morgan fingerprint density at radius 1 is 1.10 bits per heavy atom. The summed E-state index contributed by atoms with van der Waals surface area (Å²) in [5.74, 6) is -1.98. The maximum atomic E-state index is 13.5. The van der Waals surface area contributed by atoms with Gasteiger partial charge >= 0.3 is 0 Å². The summed E-state index contributed by atoms with van der Waals surface area (Å²) in [5.41, 5.74) is 5.30. The molecule has 0 fully saturated rings. The van der Waals surface area contributed by atoms with Gasteiger partial charge in [-0.25, -0.2) is 17.2 Å². The minimum atomic E-state index is -3.96.